The lowest BCUT2D eigenvalue weighted by Crippen LogP contribution is -2.19. The van der Waals surface area contributed by atoms with Gasteiger partial charge in [-0.2, -0.15) is 0 Å². The van der Waals surface area contributed by atoms with Crippen molar-refractivity contribution in [2.24, 2.45) is 0 Å². The van der Waals surface area contributed by atoms with Crippen molar-refractivity contribution in [3.05, 3.63) is 82.9 Å². The number of carboxylic acid groups (broad SMARTS) is 1. The highest BCUT2D eigenvalue weighted by Gasteiger charge is 2.18. The molecule has 3 aromatic carbocycles. The number of fused-ring (bicyclic) bond motifs is 1. The van der Waals surface area contributed by atoms with Gasteiger partial charge in [-0.1, -0.05) is 41.6 Å². The van der Waals surface area contributed by atoms with Gasteiger partial charge in [0.2, 0.25) is 0 Å². The van der Waals surface area contributed by atoms with Crippen LogP contribution in [0.5, 0.6) is 0 Å². The number of aryl methyl sites for hydroxylation is 1. The first-order chi connectivity index (χ1) is 15.5. The fraction of sp³-hybridized carbons (Fsp3) is 0.125. The average molecular weight is 466 g/mol. The Bertz CT molecular complexity index is 1290. The zero-order valence-electron chi connectivity index (χ0n) is 17.2. The number of aromatic carboxylic acids is 1. The molecule has 0 amide bonds. The van der Waals surface area contributed by atoms with Gasteiger partial charge in [0.15, 0.2) is 5.16 Å². The maximum absolute atomic E-state index is 11.9. The molecule has 1 aromatic heterocycles. The summed E-state index contributed by atoms with van der Waals surface area (Å²) in [6, 6.07) is 20.0. The van der Waals surface area contributed by atoms with Crippen molar-refractivity contribution in [2.45, 2.75) is 17.3 Å². The molecule has 162 valence electrons. The van der Waals surface area contributed by atoms with E-state index in [0.717, 1.165) is 34.3 Å². The Morgan fingerprint density at radius 3 is 2.62 bits per heavy atom. The van der Waals surface area contributed by atoms with Gasteiger partial charge in [-0.3, -0.25) is 4.57 Å². The number of para-hydroxylation sites is 2. The minimum atomic E-state index is -0.983. The molecule has 1 heterocycles. The maximum atomic E-state index is 11.9. The second-order valence-corrected chi connectivity index (χ2v) is 8.84. The quantitative estimate of drug-likeness (QED) is 0.265. The third-order valence-corrected chi connectivity index (χ3v) is 6.31. The Labute approximate surface area is 194 Å². The van der Waals surface area contributed by atoms with E-state index in [4.69, 9.17) is 16.6 Å². The van der Waals surface area contributed by atoms with Crippen molar-refractivity contribution < 1.29 is 14.7 Å². The van der Waals surface area contributed by atoms with Crippen molar-refractivity contribution in [1.29, 1.82) is 0 Å². The number of carbonyl (C=O) groups excluding carboxylic acids is 1. The molecule has 0 aliphatic rings. The summed E-state index contributed by atoms with van der Waals surface area (Å²) in [5.74, 6) is -0.983. The highest BCUT2D eigenvalue weighted by molar-refractivity contribution is 8.00. The maximum Gasteiger partial charge on any atom is 0.335 e. The highest BCUT2D eigenvalue weighted by Crippen LogP contribution is 2.31. The van der Waals surface area contributed by atoms with Gasteiger partial charge in [-0.25, -0.2) is 9.78 Å². The molecule has 32 heavy (non-hydrogen) atoms. The molecule has 0 radical (unpaired) electrons. The molecule has 6 nitrogen and oxygen atoms in total. The molecule has 0 saturated heterocycles. The molecule has 0 fully saturated rings. The van der Waals surface area contributed by atoms with Crippen LogP contribution in [0, 0.1) is 6.92 Å². The summed E-state index contributed by atoms with van der Waals surface area (Å²) in [5.41, 5.74) is 4.46. The van der Waals surface area contributed by atoms with Crippen LogP contribution in [-0.2, 0) is 4.79 Å². The number of nitrogens with zero attached hydrogens (tertiary/aromatic N) is 2. The van der Waals surface area contributed by atoms with Crippen LogP contribution in [0.3, 0.4) is 0 Å². The molecule has 0 aliphatic carbocycles. The van der Waals surface area contributed by atoms with Gasteiger partial charge in [0.25, 0.3) is 0 Å². The Balaban J connectivity index is 1.63. The number of imidazole rings is 1. The lowest BCUT2D eigenvalue weighted by atomic mass is 10.2. The minimum absolute atomic E-state index is 0.206. The summed E-state index contributed by atoms with van der Waals surface area (Å²) in [4.78, 5) is 27.8. The van der Waals surface area contributed by atoms with Gasteiger partial charge in [0.05, 0.1) is 32.6 Å². The van der Waals surface area contributed by atoms with Crippen molar-refractivity contribution in [3.8, 4) is 5.69 Å². The predicted molar refractivity (Wildman–Crippen MR) is 128 cm³/mol. The number of hydrogen-bond acceptors (Lipinski definition) is 5. The number of carbonyl (C=O) groups is 2. The number of halogens is 1. The Morgan fingerprint density at radius 1 is 1.19 bits per heavy atom. The third-order valence-electron chi connectivity index (χ3n) is 4.93. The molecule has 0 bridgehead atoms. The Kier molecular flexibility index (Phi) is 6.48. The first-order valence-corrected chi connectivity index (χ1v) is 11.1. The van der Waals surface area contributed by atoms with E-state index in [1.165, 1.54) is 11.8 Å². The lowest BCUT2D eigenvalue weighted by molar-refractivity contribution is -0.107. The van der Waals surface area contributed by atoms with E-state index in [0.29, 0.717) is 16.7 Å². The molecule has 8 heteroatoms. The zero-order chi connectivity index (χ0) is 22.7. The molecule has 0 saturated carbocycles. The van der Waals surface area contributed by atoms with Crippen LogP contribution in [0.15, 0.2) is 71.9 Å². The minimum Gasteiger partial charge on any atom is -0.478 e. The molecule has 0 spiro atoms. The number of carboxylic acids is 1. The van der Waals surface area contributed by atoms with Gasteiger partial charge in [0, 0.05) is 12.2 Å². The first kappa shape index (κ1) is 21.9. The predicted octanol–water partition coefficient (Wildman–Crippen LogP) is 5.46. The smallest absolute Gasteiger partial charge is 0.335 e. The second kappa shape index (κ2) is 9.46. The van der Waals surface area contributed by atoms with E-state index < -0.39 is 11.2 Å². The van der Waals surface area contributed by atoms with Crippen LogP contribution in [0.1, 0.15) is 15.9 Å². The number of nitrogens with one attached hydrogen (secondary N) is 1. The molecular formula is C24H20ClN3O3S. The number of thioether (sulfide) groups is 1. The third kappa shape index (κ3) is 4.64. The lowest BCUT2D eigenvalue weighted by Gasteiger charge is -2.15. The van der Waals surface area contributed by atoms with Crippen LogP contribution in [0.2, 0.25) is 5.02 Å². The summed E-state index contributed by atoms with van der Waals surface area (Å²) >= 11 is 7.63. The van der Waals surface area contributed by atoms with Gasteiger partial charge in [0.1, 0.15) is 6.29 Å². The molecular weight excluding hydrogens is 446 g/mol. The number of benzene rings is 3. The van der Waals surface area contributed by atoms with E-state index in [1.807, 2.05) is 54.0 Å². The summed E-state index contributed by atoms with van der Waals surface area (Å²) in [7, 11) is 0. The van der Waals surface area contributed by atoms with E-state index in [2.05, 4.69) is 5.32 Å². The first-order valence-electron chi connectivity index (χ1n) is 9.89. The van der Waals surface area contributed by atoms with E-state index in [-0.39, 0.29) is 5.56 Å². The summed E-state index contributed by atoms with van der Waals surface area (Å²) in [5, 5.41) is 13.3. The molecule has 2 N–H and O–H groups in total. The van der Waals surface area contributed by atoms with E-state index in [9.17, 15) is 14.7 Å². The highest BCUT2D eigenvalue weighted by atomic mass is 35.5. The fourth-order valence-corrected chi connectivity index (χ4v) is 4.57. The van der Waals surface area contributed by atoms with Gasteiger partial charge in [-0.15, -0.1) is 0 Å². The monoisotopic (exact) mass is 465 g/mol. The summed E-state index contributed by atoms with van der Waals surface area (Å²) < 4.78 is 1.93. The van der Waals surface area contributed by atoms with Crippen molar-refractivity contribution in [1.82, 2.24) is 9.55 Å². The average Bonchev–Trinajstić information content (AvgIpc) is 3.15. The second-order valence-electron chi connectivity index (χ2n) is 7.23. The summed E-state index contributed by atoms with van der Waals surface area (Å²) in [6.45, 7) is 2.34. The number of anilines is 1. The largest absolute Gasteiger partial charge is 0.478 e. The summed E-state index contributed by atoms with van der Waals surface area (Å²) in [6.07, 6.45) is 0.886. The van der Waals surface area contributed by atoms with Crippen LogP contribution < -0.4 is 5.32 Å². The molecule has 1 unspecified atom stereocenters. The number of hydrogen-bond donors (Lipinski definition) is 2. The van der Waals surface area contributed by atoms with Crippen molar-refractivity contribution in [3.63, 3.8) is 0 Å². The zero-order valence-corrected chi connectivity index (χ0v) is 18.7. The molecule has 0 aliphatic heterocycles. The topological polar surface area (TPSA) is 84.2 Å². The number of rotatable bonds is 8. The van der Waals surface area contributed by atoms with Crippen molar-refractivity contribution >= 4 is 52.3 Å². The SMILES string of the molecule is Cc1ccc(NCC(C=O)Sc2nc3ccccc3n2-c2ccc(C(=O)O)cc2)c(Cl)c1. The normalized spacial score (nSPS) is 11.9. The van der Waals surface area contributed by atoms with Crippen LogP contribution in [0.25, 0.3) is 16.7 Å². The fourth-order valence-electron chi connectivity index (χ4n) is 3.31. The van der Waals surface area contributed by atoms with Crippen LogP contribution >= 0.6 is 23.4 Å². The van der Waals surface area contributed by atoms with Crippen LogP contribution in [-0.4, -0.2) is 38.7 Å². The number of aldehydes is 1. The molecule has 1 atom stereocenters. The number of aromatic nitrogens is 2. The Morgan fingerprint density at radius 2 is 1.94 bits per heavy atom. The van der Waals surface area contributed by atoms with Crippen molar-refractivity contribution in [2.75, 3.05) is 11.9 Å². The van der Waals surface area contributed by atoms with Gasteiger partial charge >= 0.3 is 5.97 Å². The van der Waals surface area contributed by atoms with E-state index in [1.54, 1.807) is 24.3 Å². The Hall–Kier alpha value is -3.29. The van der Waals surface area contributed by atoms with Gasteiger partial charge < -0.3 is 15.2 Å². The van der Waals surface area contributed by atoms with E-state index >= 15 is 0 Å². The molecule has 4 aromatic rings. The standard InChI is InChI=1S/C24H20ClN3O3S/c1-15-6-11-20(19(25)12-15)26-13-18(14-29)32-24-27-21-4-2-3-5-22(21)28(24)17-9-7-16(8-10-17)23(30)31/h2-12,14,18,26H,13H2,1H3,(H,30,31). The molecule has 4 rings (SSSR count). The van der Waals surface area contributed by atoms with Gasteiger partial charge in [-0.05, 0) is 61.0 Å². The van der Waals surface area contributed by atoms with Crippen LogP contribution in [0.4, 0.5) is 5.69 Å².